The maximum Gasteiger partial charge on any atom is 0.119 e. The molecule has 0 amide bonds. The first-order valence-corrected chi connectivity index (χ1v) is 7.13. The van der Waals surface area contributed by atoms with Crippen molar-refractivity contribution in [1.29, 1.82) is 0 Å². The maximum absolute atomic E-state index is 5.28. The van der Waals surface area contributed by atoms with E-state index in [2.05, 4.69) is 29.8 Å². The highest BCUT2D eigenvalue weighted by Crippen LogP contribution is 2.33. The van der Waals surface area contributed by atoms with Crippen LogP contribution in [0, 0.1) is 0 Å². The average Bonchev–Trinajstić information content (AvgIpc) is 2.72. The van der Waals surface area contributed by atoms with E-state index in [-0.39, 0.29) is 0 Å². The minimum Gasteiger partial charge on any atom is -0.497 e. The zero-order valence-corrected chi connectivity index (χ0v) is 10.8. The summed E-state index contributed by atoms with van der Waals surface area (Å²) in [6.45, 7) is 1.09. The van der Waals surface area contributed by atoms with Gasteiger partial charge in [0.2, 0.25) is 0 Å². The smallest absolute Gasteiger partial charge is 0.119 e. The fourth-order valence-electron chi connectivity index (χ4n) is 2.25. The molecule has 1 aromatic carbocycles. The van der Waals surface area contributed by atoms with E-state index in [0.29, 0.717) is 6.04 Å². The number of hydrogen-bond acceptors (Lipinski definition) is 3. The molecular weight excluding hydrogens is 218 g/mol. The van der Waals surface area contributed by atoms with Crippen molar-refractivity contribution < 1.29 is 4.74 Å². The third-order valence-electron chi connectivity index (χ3n) is 3.13. The Morgan fingerprint density at radius 3 is 3.12 bits per heavy atom. The number of hydrogen-bond donors (Lipinski definition) is 1. The van der Waals surface area contributed by atoms with Gasteiger partial charge >= 0.3 is 0 Å². The molecule has 0 heterocycles. The van der Waals surface area contributed by atoms with E-state index in [1.807, 2.05) is 11.8 Å². The van der Waals surface area contributed by atoms with E-state index >= 15 is 0 Å². The molecule has 3 heteroatoms. The number of ether oxygens (including phenoxy) is 1. The molecule has 16 heavy (non-hydrogen) atoms. The summed E-state index contributed by atoms with van der Waals surface area (Å²) >= 11 is 1.89. The first-order chi connectivity index (χ1) is 7.85. The third kappa shape index (κ3) is 2.53. The Labute approximate surface area is 102 Å². The number of rotatable bonds is 5. The predicted molar refractivity (Wildman–Crippen MR) is 70.4 cm³/mol. The Balaban J connectivity index is 2.05. The van der Waals surface area contributed by atoms with Crippen LogP contribution in [0.3, 0.4) is 0 Å². The van der Waals surface area contributed by atoms with Crippen molar-refractivity contribution in [3.63, 3.8) is 0 Å². The highest BCUT2D eigenvalue weighted by atomic mass is 32.2. The van der Waals surface area contributed by atoms with Crippen molar-refractivity contribution in [3.05, 3.63) is 29.3 Å². The van der Waals surface area contributed by atoms with Crippen molar-refractivity contribution >= 4 is 11.8 Å². The van der Waals surface area contributed by atoms with Gasteiger partial charge in [0.05, 0.1) is 7.11 Å². The van der Waals surface area contributed by atoms with Crippen LogP contribution in [0.2, 0.25) is 0 Å². The number of nitrogens with one attached hydrogen (secondary N) is 1. The monoisotopic (exact) mass is 237 g/mol. The fourth-order valence-corrected chi connectivity index (χ4v) is 2.58. The van der Waals surface area contributed by atoms with Gasteiger partial charge in [-0.3, -0.25) is 0 Å². The van der Waals surface area contributed by atoms with Crippen LogP contribution in [0.25, 0.3) is 0 Å². The van der Waals surface area contributed by atoms with Gasteiger partial charge in [0.15, 0.2) is 0 Å². The molecule has 0 aromatic heterocycles. The van der Waals surface area contributed by atoms with Crippen LogP contribution in [0.4, 0.5) is 0 Å². The molecule has 0 saturated heterocycles. The normalized spacial score (nSPS) is 18.5. The predicted octanol–water partition coefficient (Wildman–Crippen LogP) is 2.64. The topological polar surface area (TPSA) is 21.3 Å². The molecule has 1 N–H and O–H groups in total. The molecule has 0 spiro atoms. The largest absolute Gasteiger partial charge is 0.497 e. The first-order valence-electron chi connectivity index (χ1n) is 5.74. The van der Waals surface area contributed by atoms with E-state index in [9.17, 15) is 0 Å². The van der Waals surface area contributed by atoms with Gasteiger partial charge < -0.3 is 10.1 Å². The van der Waals surface area contributed by atoms with E-state index < -0.39 is 0 Å². The molecule has 1 unspecified atom stereocenters. The number of methoxy groups -OCH3 is 1. The Kier molecular flexibility index (Phi) is 4.13. The summed E-state index contributed by atoms with van der Waals surface area (Å²) in [5.74, 6) is 2.15. The summed E-state index contributed by atoms with van der Waals surface area (Å²) in [7, 11) is 1.73. The van der Waals surface area contributed by atoms with Gasteiger partial charge in [0.25, 0.3) is 0 Å². The fraction of sp³-hybridized carbons (Fsp3) is 0.538. The van der Waals surface area contributed by atoms with Gasteiger partial charge in [-0.25, -0.2) is 0 Å². The highest BCUT2D eigenvalue weighted by Gasteiger charge is 2.21. The summed E-state index contributed by atoms with van der Waals surface area (Å²) in [6, 6.07) is 6.96. The van der Waals surface area contributed by atoms with Crippen molar-refractivity contribution in [3.8, 4) is 5.75 Å². The molecule has 1 aromatic rings. The van der Waals surface area contributed by atoms with Crippen molar-refractivity contribution in [2.24, 2.45) is 0 Å². The molecule has 88 valence electrons. The van der Waals surface area contributed by atoms with Crippen LogP contribution in [0.1, 0.15) is 23.6 Å². The van der Waals surface area contributed by atoms with Crippen LogP contribution in [0.15, 0.2) is 18.2 Å². The molecule has 2 nitrogen and oxygen atoms in total. The van der Waals surface area contributed by atoms with E-state index in [1.165, 1.54) is 29.7 Å². The lowest BCUT2D eigenvalue weighted by atomic mass is 10.1. The molecule has 0 radical (unpaired) electrons. The maximum atomic E-state index is 5.28. The van der Waals surface area contributed by atoms with E-state index in [0.717, 1.165) is 12.3 Å². The lowest BCUT2D eigenvalue weighted by Gasteiger charge is -2.14. The van der Waals surface area contributed by atoms with Gasteiger partial charge in [-0.1, -0.05) is 6.07 Å². The van der Waals surface area contributed by atoms with Crippen molar-refractivity contribution in [2.75, 3.05) is 25.7 Å². The molecular formula is C13H19NOS. The van der Waals surface area contributed by atoms with Gasteiger partial charge in [-0.15, -0.1) is 0 Å². The highest BCUT2D eigenvalue weighted by molar-refractivity contribution is 7.98. The van der Waals surface area contributed by atoms with Gasteiger partial charge in [0, 0.05) is 18.3 Å². The lowest BCUT2D eigenvalue weighted by Crippen LogP contribution is -2.21. The van der Waals surface area contributed by atoms with Gasteiger partial charge in [-0.2, -0.15) is 11.8 Å². The number of aryl methyl sites for hydroxylation is 1. The van der Waals surface area contributed by atoms with Crippen LogP contribution >= 0.6 is 11.8 Å². The number of thioether (sulfide) groups is 1. The third-order valence-corrected chi connectivity index (χ3v) is 3.74. The molecule has 0 fully saturated rings. The van der Waals surface area contributed by atoms with Crippen molar-refractivity contribution in [2.45, 2.75) is 18.9 Å². The number of fused-ring (bicyclic) bond motifs is 1. The molecule has 2 rings (SSSR count). The summed E-state index contributed by atoms with van der Waals surface area (Å²) in [5.41, 5.74) is 2.91. The zero-order chi connectivity index (χ0) is 11.4. The van der Waals surface area contributed by atoms with Crippen molar-refractivity contribution in [1.82, 2.24) is 5.32 Å². The van der Waals surface area contributed by atoms with Crippen LogP contribution in [-0.4, -0.2) is 25.7 Å². The Morgan fingerprint density at radius 2 is 2.38 bits per heavy atom. The molecule has 0 saturated carbocycles. The quantitative estimate of drug-likeness (QED) is 0.796. The average molecular weight is 237 g/mol. The summed E-state index contributed by atoms with van der Waals surface area (Å²) in [6.07, 6.45) is 4.56. The zero-order valence-electron chi connectivity index (χ0n) is 9.95. The molecule has 0 bridgehead atoms. The second-order valence-corrected chi connectivity index (χ2v) is 5.09. The van der Waals surface area contributed by atoms with Gasteiger partial charge in [0.1, 0.15) is 5.75 Å². The lowest BCUT2D eigenvalue weighted by molar-refractivity contribution is 0.413. The van der Waals surface area contributed by atoms with Crippen LogP contribution < -0.4 is 10.1 Å². The molecule has 1 atom stereocenters. The summed E-state index contributed by atoms with van der Waals surface area (Å²) in [4.78, 5) is 0. The minimum atomic E-state index is 0.525. The van der Waals surface area contributed by atoms with E-state index in [4.69, 9.17) is 4.74 Å². The Bertz CT molecular complexity index is 354. The minimum absolute atomic E-state index is 0.525. The Morgan fingerprint density at radius 1 is 1.50 bits per heavy atom. The van der Waals surface area contributed by atoms with E-state index in [1.54, 1.807) is 7.11 Å². The molecule has 1 aliphatic carbocycles. The summed E-state index contributed by atoms with van der Waals surface area (Å²) < 4.78 is 5.28. The SMILES string of the molecule is COc1ccc2c(c1)C(NCCSC)CC2. The first kappa shape index (κ1) is 11.8. The summed E-state index contributed by atoms with van der Waals surface area (Å²) in [5, 5.41) is 3.61. The Hall–Kier alpha value is -0.670. The molecule has 0 aliphatic heterocycles. The van der Waals surface area contributed by atoms with Crippen LogP contribution in [-0.2, 0) is 6.42 Å². The second kappa shape index (κ2) is 5.60. The number of benzene rings is 1. The van der Waals surface area contributed by atoms with Crippen LogP contribution in [0.5, 0.6) is 5.75 Å². The van der Waals surface area contributed by atoms with Gasteiger partial charge in [-0.05, 0) is 42.4 Å². The molecule has 1 aliphatic rings. The second-order valence-electron chi connectivity index (χ2n) is 4.10. The standard InChI is InChI=1S/C13H19NOS/c1-15-11-5-3-10-4-6-13(12(10)9-11)14-7-8-16-2/h3,5,9,13-14H,4,6-8H2,1-2H3.